The molecule has 0 saturated heterocycles. The van der Waals surface area contributed by atoms with E-state index in [2.05, 4.69) is 10.1 Å². The number of nitrogens with zero attached hydrogens (tertiary/aromatic N) is 2. The fourth-order valence-electron chi connectivity index (χ4n) is 1.28. The van der Waals surface area contributed by atoms with Crippen LogP contribution in [0.3, 0.4) is 0 Å². The van der Waals surface area contributed by atoms with Crippen LogP contribution in [-0.2, 0) is 4.74 Å². The van der Waals surface area contributed by atoms with Gasteiger partial charge in [-0.3, -0.25) is 0 Å². The van der Waals surface area contributed by atoms with E-state index in [1.807, 2.05) is 0 Å². The highest BCUT2D eigenvalue weighted by atomic mass is 35.5. The molecule has 0 aliphatic heterocycles. The Hall–Kier alpha value is -2.08. The molecule has 0 bridgehead atoms. The molecule has 18 heavy (non-hydrogen) atoms. The van der Waals surface area contributed by atoms with Gasteiger partial charge in [0.05, 0.1) is 17.3 Å². The molecule has 0 saturated carbocycles. The molecule has 0 unspecified atom stereocenters. The van der Waals surface area contributed by atoms with E-state index in [0.29, 0.717) is 16.3 Å². The molecule has 0 aliphatic carbocycles. The minimum atomic E-state index is -0.631. The largest absolute Gasteiger partial charge is 0.460 e. The third kappa shape index (κ3) is 2.43. The van der Waals surface area contributed by atoms with Crippen LogP contribution in [0.5, 0.6) is 0 Å². The Labute approximate surface area is 108 Å². The van der Waals surface area contributed by atoms with E-state index in [0.717, 1.165) is 0 Å². The number of esters is 1. The summed E-state index contributed by atoms with van der Waals surface area (Å²) in [5.41, 5.74) is 6.62. The number of hydrogen-bond acceptors (Lipinski definition) is 6. The van der Waals surface area contributed by atoms with Gasteiger partial charge in [0.2, 0.25) is 0 Å². The first-order valence-electron chi connectivity index (χ1n) is 5.18. The Morgan fingerprint density at radius 3 is 3.00 bits per heavy atom. The molecule has 0 aliphatic rings. The van der Waals surface area contributed by atoms with E-state index in [1.165, 1.54) is 0 Å². The van der Waals surface area contributed by atoms with E-state index >= 15 is 0 Å². The Bertz CT molecular complexity index is 583. The number of ether oxygens (including phenoxy) is 1. The molecule has 0 radical (unpaired) electrons. The van der Waals surface area contributed by atoms with Crippen molar-refractivity contribution in [3.63, 3.8) is 0 Å². The second kappa shape index (κ2) is 5.05. The van der Waals surface area contributed by atoms with Gasteiger partial charge in [-0.1, -0.05) is 11.6 Å². The minimum absolute atomic E-state index is 0.125. The van der Waals surface area contributed by atoms with Crippen molar-refractivity contribution in [2.24, 2.45) is 0 Å². The normalized spacial score (nSPS) is 10.3. The van der Waals surface area contributed by atoms with Crippen LogP contribution in [0.1, 0.15) is 17.5 Å². The van der Waals surface area contributed by atoms with Crippen molar-refractivity contribution in [2.45, 2.75) is 6.92 Å². The maximum absolute atomic E-state index is 11.4. The molecule has 94 valence electrons. The van der Waals surface area contributed by atoms with Gasteiger partial charge in [-0.05, 0) is 30.3 Å². The maximum Gasteiger partial charge on any atom is 0.379 e. The van der Waals surface area contributed by atoms with Gasteiger partial charge in [-0.25, -0.2) is 4.79 Å². The van der Waals surface area contributed by atoms with Crippen LogP contribution in [0.25, 0.3) is 11.5 Å². The van der Waals surface area contributed by atoms with Gasteiger partial charge >= 0.3 is 5.97 Å². The second-order valence-electron chi connectivity index (χ2n) is 3.38. The average molecular weight is 268 g/mol. The zero-order chi connectivity index (χ0) is 13.1. The molecular weight excluding hydrogens is 258 g/mol. The smallest absolute Gasteiger partial charge is 0.379 e. The SMILES string of the molecule is CCOC(=O)c1noc(-c2ccc(N)c(Cl)c2)n1. The van der Waals surface area contributed by atoms with E-state index in [-0.39, 0.29) is 18.3 Å². The molecule has 1 aromatic carbocycles. The molecule has 6 nitrogen and oxygen atoms in total. The molecule has 2 N–H and O–H groups in total. The highest BCUT2D eigenvalue weighted by Gasteiger charge is 2.16. The molecule has 1 heterocycles. The maximum atomic E-state index is 11.4. The number of carbonyl (C=O) groups is 1. The van der Waals surface area contributed by atoms with Crippen molar-refractivity contribution >= 4 is 23.3 Å². The number of nitrogens with two attached hydrogens (primary N) is 1. The standard InChI is InChI=1S/C11H10ClN3O3/c1-2-17-11(16)9-14-10(18-15-9)6-3-4-8(13)7(12)5-6/h3-5H,2,13H2,1H3. The molecule has 7 heteroatoms. The number of aromatic nitrogens is 2. The minimum Gasteiger partial charge on any atom is -0.460 e. The van der Waals surface area contributed by atoms with Crippen LogP contribution >= 0.6 is 11.6 Å². The lowest BCUT2D eigenvalue weighted by Gasteiger charge is -1.98. The van der Waals surface area contributed by atoms with E-state index in [4.69, 9.17) is 26.6 Å². The summed E-state index contributed by atoms with van der Waals surface area (Å²) >= 11 is 5.88. The van der Waals surface area contributed by atoms with Crippen molar-refractivity contribution in [1.82, 2.24) is 10.1 Å². The predicted octanol–water partition coefficient (Wildman–Crippen LogP) is 2.15. The first-order valence-corrected chi connectivity index (χ1v) is 5.56. The molecule has 0 spiro atoms. The van der Waals surface area contributed by atoms with E-state index in [9.17, 15) is 4.79 Å². The number of hydrogen-bond donors (Lipinski definition) is 1. The van der Waals surface area contributed by atoms with Crippen molar-refractivity contribution < 1.29 is 14.1 Å². The number of carbonyl (C=O) groups excluding carboxylic acids is 1. The first-order chi connectivity index (χ1) is 8.61. The monoisotopic (exact) mass is 267 g/mol. The van der Waals surface area contributed by atoms with Crippen LogP contribution in [0.15, 0.2) is 22.7 Å². The van der Waals surface area contributed by atoms with Gasteiger partial charge < -0.3 is 15.0 Å². The van der Waals surface area contributed by atoms with Crippen molar-refractivity contribution in [1.29, 1.82) is 0 Å². The summed E-state index contributed by atoms with van der Waals surface area (Å²) in [4.78, 5) is 15.3. The molecule has 0 atom stereocenters. The van der Waals surface area contributed by atoms with Gasteiger partial charge in [-0.2, -0.15) is 4.98 Å². The number of anilines is 1. The van der Waals surface area contributed by atoms with Crippen LogP contribution in [0.2, 0.25) is 5.02 Å². The summed E-state index contributed by atoms with van der Waals surface area (Å²) in [5.74, 6) is -0.575. The van der Waals surface area contributed by atoms with Gasteiger partial charge in [0.25, 0.3) is 11.7 Å². The van der Waals surface area contributed by atoms with Crippen LogP contribution in [0.4, 0.5) is 5.69 Å². The molecule has 1 aromatic heterocycles. The summed E-state index contributed by atoms with van der Waals surface area (Å²) in [6.45, 7) is 1.94. The Morgan fingerprint density at radius 1 is 1.56 bits per heavy atom. The third-order valence-electron chi connectivity index (χ3n) is 2.13. The van der Waals surface area contributed by atoms with Gasteiger partial charge in [0, 0.05) is 5.56 Å². The fourth-order valence-corrected chi connectivity index (χ4v) is 1.46. The summed E-state index contributed by atoms with van der Waals surface area (Å²) < 4.78 is 9.70. The Morgan fingerprint density at radius 2 is 2.33 bits per heavy atom. The summed E-state index contributed by atoms with van der Waals surface area (Å²) in [5, 5.41) is 3.91. The summed E-state index contributed by atoms with van der Waals surface area (Å²) in [6.07, 6.45) is 0. The van der Waals surface area contributed by atoms with Crippen LogP contribution in [-0.4, -0.2) is 22.7 Å². The van der Waals surface area contributed by atoms with Crippen molar-refractivity contribution in [3.8, 4) is 11.5 Å². The van der Waals surface area contributed by atoms with Gasteiger partial charge in [-0.15, -0.1) is 0 Å². The highest BCUT2D eigenvalue weighted by molar-refractivity contribution is 6.33. The van der Waals surface area contributed by atoms with Crippen LogP contribution < -0.4 is 5.73 Å². The average Bonchev–Trinajstić information content (AvgIpc) is 2.82. The molecular formula is C11H10ClN3O3. The lowest BCUT2D eigenvalue weighted by molar-refractivity contribution is 0.0508. The van der Waals surface area contributed by atoms with Crippen molar-refractivity contribution in [2.75, 3.05) is 12.3 Å². The molecule has 0 fully saturated rings. The third-order valence-corrected chi connectivity index (χ3v) is 2.46. The number of rotatable bonds is 3. The Balaban J connectivity index is 2.29. The Kier molecular flexibility index (Phi) is 3.47. The first kappa shape index (κ1) is 12.4. The number of benzene rings is 1. The van der Waals surface area contributed by atoms with E-state index < -0.39 is 5.97 Å². The number of halogens is 1. The zero-order valence-electron chi connectivity index (χ0n) is 9.51. The molecule has 2 rings (SSSR count). The van der Waals surface area contributed by atoms with Crippen molar-refractivity contribution in [3.05, 3.63) is 29.0 Å². The predicted molar refractivity (Wildman–Crippen MR) is 65.1 cm³/mol. The topological polar surface area (TPSA) is 91.2 Å². The summed E-state index contributed by atoms with van der Waals surface area (Å²) in [6, 6.07) is 4.87. The molecule has 0 amide bonds. The molecule has 2 aromatic rings. The fraction of sp³-hybridized carbons (Fsp3) is 0.182. The quantitative estimate of drug-likeness (QED) is 0.677. The zero-order valence-corrected chi connectivity index (χ0v) is 10.3. The summed E-state index contributed by atoms with van der Waals surface area (Å²) in [7, 11) is 0. The second-order valence-corrected chi connectivity index (χ2v) is 3.79. The van der Waals surface area contributed by atoms with E-state index in [1.54, 1.807) is 25.1 Å². The lowest BCUT2D eigenvalue weighted by Crippen LogP contribution is -2.06. The number of nitrogen functional groups attached to an aromatic ring is 1. The van der Waals surface area contributed by atoms with Gasteiger partial charge in [0.1, 0.15) is 0 Å². The highest BCUT2D eigenvalue weighted by Crippen LogP contribution is 2.25. The van der Waals surface area contributed by atoms with Gasteiger partial charge in [0.15, 0.2) is 0 Å². The lowest BCUT2D eigenvalue weighted by atomic mass is 10.2. The van der Waals surface area contributed by atoms with Crippen LogP contribution in [0, 0.1) is 0 Å².